The smallest absolute Gasteiger partial charge is 0.285 e. The van der Waals surface area contributed by atoms with E-state index in [1.165, 1.54) is 11.3 Å². The molecule has 0 saturated carbocycles. The lowest BCUT2D eigenvalue weighted by Gasteiger charge is -2.16. The van der Waals surface area contributed by atoms with Crippen molar-refractivity contribution in [1.82, 2.24) is 9.29 Å². The van der Waals surface area contributed by atoms with Crippen molar-refractivity contribution < 1.29 is 13.2 Å². The third kappa shape index (κ3) is 3.61. The van der Waals surface area contributed by atoms with Gasteiger partial charge in [0.15, 0.2) is 3.95 Å². The number of anilines is 1. The van der Waals surface area contributed by atoms with Gasteiger partial charge in [-0.2, -0.15) is 0 Å². The summed E-state index contributed by atoms with van der Waals surface area (Å²) in [5.74, 6) is -0.529. The van der Waals surface area contributed by atoms with Crippen molar-refractivity contribution in [1.29, 1.82) is 0 Å². The fourth-order valence-electron chi connectivity index (χ4n) is 3.25. The number of hydrogen-bond acceptors (Lipinski definition) is 6. The van der Waals surface area contributed by atoms with Crippen LogP contribution in [0.4, 0.5) is 5.69 Å². The molecule has 4 rings (SSSR count). The number of benzene rings is 2. The summed E-state index contributed by atoms with van der Waals surface area (Å²) >= 11 is 6.60. The summed E-state index contributed by atoms with van der Waals surface area (Å²) in [5.41, 5.74) is 2.09. The molecule has 0 radical (unpaired) electrons. The second kappa shape index (κ2) is 7.74. The lowest BCUT2D eigenvalue weighted by Crippen LogP contribution is -2.33. The molecule has 2 heterocycles. The second-order valence-corrected chi connectivity index (χ2v) is 10.2. The Morgan fingerprint density at radius 1 is 1.17 bits per heavy atom. The average molecular weight is 446 g/mol. The molecule has 9 heteroatoms. The lowest BCUT2D eigenvalue weighted by molar-refractivity contribution is -0.122. The first-order chi connectivity index (χ1) is 13.9. The maximum atomic E-state index is 13.2. The zero-order valence-electron chi connectivity index (χ0n) is 15.6. The van der Waals surface area contributed by atoms with Crippen molar-refractivity contribution in [3.63, 3.8) is 0 Å². The van der Waals surface area contributed by atoms with Crippen molar-refractivity contribution in [3.05, 3.63) is 63.7 Å². The van der Waals surface area contributed by atoms with Crippen LogP contribution < -0.4 is 5.32 Å². The van der Waals surface area contributed by atoms with E-state index in [4.69, 9.17) is 12.2 Å². The van der Waals surface area contributed by atoms with Gasteiger partial charge in [0.25, 0.3) is 15.9 Å². The molecule has 0 fully saturated rings. The van der Waals surface area contributed by atoms with Gasteiger partial charge < -0.3 is 10.3 Å². The number of H-pyrrole nitrogens is 1. The number of unbranched alkanes of at least 4 members (excludes halogenated alkanes) is 1. The van der Waals surface area contributed by atoms with E-state index in [2.05, 4.69) is 10.3 Å². The number of nitrogens with zero attached hydrogens (tertiary/aromatic N) is 1. The number of thiazole rings is 1. The third-order valence-electron chi connectivity index (χ3n) is 4.66. The number of aromatic amines is 1. The molecular weight excluding hydrogens is 426 g/mol. The minimum Gasteiger partial charge on any atom is -0.350 e. The molecule has 0 spiro atoms. The molecule has 1 amide bonds. The van der Waals surface area contributed by atoms with Gasteiger partial charge in [0.2, 0.25) is 0 Å². The fourth-order valence-corrected chi connectivity index (χ4v) is 6.14. The summed E-state index contributed by atoms with van der Waals surface area (Å²) in [4.78, 5) is 16.2. The van der Waals surface area contributed by atoms with Crippen LogP contribution in [0.2, 0.25) is 0 Å². The zero-order valence-corrected chi connectivity index (χ0v) is 18.1. The van der Waals surface area contributed by atoms with Gasteiger partial charge in [-0.1, -0.05) is 43.7 Å². The highest BCUT2D eigenvalue weighted by Crippen LogP contribution is 2.36. The Morgan fingerprint density at radius 3 is 2.66 bits per heavy atom. The number of nitrogens with one attached hydrogen (secondary N) is 2. The Kier molecular flexibility index (Phi) is 5.28. The molecule has 0 atom stereocenters. The van der Waals surface area contributed by atoms with Gasteiger partial charge in [0.05, 0.1) is 10.2 Å². The molecule has 6 nitrogen and oxygen atoms in total. The van der Waals surface area contributed by atoms with Crippen LogP contribution in [0.15, 0.2) is 54.2 Å². The Labute approximate surface area is 177 Å². The molecule has 0 aliphatic carbocycles. The normalized spacial score (nSPS) is 16.0. The Bertz CT molecular complexity index is 1270. The SMILES string of the molecule is CCCCN1C(=O)C(Nc2ccc3[nH]c(=S)sc3c2)=C(c2ccccc2)S1(=O)=O. The van der Waals surface area contributed by atoms with Crippen LogP contribution in [0.25, 0.3) is 15.1 Å². The summed E-state index contributed by atoms with van der Waals surface area (Å²) in [6, 6.07) is 14.2. The monoisotopic (exact) mass is 445 g/mol. The molecule has 1 aliphatic rings. The quantitative estimate of drug-likeness (QED) is 0.537. The molecule has 0 unspecified atom stereocenters. The number of hydrogen-bond donors (Lipinski definition) is 2. The average Bonchev–Trinajstić information content (AvgIpc) is 3.15. The molecular formula is C20H19N3O3S3. The van der Waals surface area contributed by atoms with Crippen LogP contribution in [-0.2, 0) is 14.8 Å². The Morgan fingerprint density at radius 2 is 1.93 bits per heavy atom. The number of amides is 1. The van der Waals surface area contributed by atoms with Crippen LogP contribution in [-0.4, -0.2) is 30.2 Å². The highest BCUT2D eigenvalue weighted by Gasteiger charge is 2.44. The van der Waals surface area contributed by atoms with Crippen LogP contribution in [0.3, 0.4) is 0 Å². The summed E-state index contributed by atoms with van der Waals surface area (Å²) in [7, 11) is -3.93. The molecule has 1 aromatic heterocycles. The fraction of sp³-hybridized carbons (Fsp3) is 0.200. The first-order valence-electron chi connectivity index (χ1n) is 9.18. The maximum absolute atomic E-state index is 13.2. The molecule has 150 valence electrons. The Hall–Kier alpha value is -2.49. The summed E-state index contributed by atoms with van der Waals surface area (Å²) in [5, 5.41) is 3.07. The van der Waals surface area contributed by atoms with E-state index in [1.54, 1.807) is 30.3 Å². The number of carbonyl (C=O) groups is 1. The third-order valence-corrected chi connectivity index (χ3v) is 7.74. The minimum absolute atomic E-state index is 0.0148. The van der Waals surface area contributed by atoms with Crippen LogP contribution in [0, 0.1) is 3.95 Å². The van der Waals surface area contributed by atoms with E-state index in [9.17, 15) is 13.2 Å². The van der Waals surface area contributed by atoms with Gasteiger partial charge in [-0.25, -0.2) is 12.7 Å². The van der Waals surface area contributed by atoms with Crippen molar-refractivity contribution in [2.24, 2.45) is 0 Å². The van der Waals surface area contributed by atoms with Crippen molar-refractivity contribution >= 4 is 60.3 Å². The maximum Gasteiger partial charge on any atom is 0.285 e. The Balaban J connectivity index is 1.82. The van der Waals surface area contributed by atoms with Crippen molar-refractivity contribution in [3.8, 4) is 0 Å². The highest BCUT2D eigenvalue weighted by atomic mass is 32.2. The number of sulfonamides is 1. The van der Waals surface area contributed by atoms with E-state index >= 15 is 0 Å². The largest absolute Gasteiger partial charge is 0.350 e. The molecule has 2 N–H and O–H groups in total. The molecule has 2 aromatic carbocycles. The van der Waals surface area contributed by atoms with Gasteiger partial charge in [-0.05, 0) is 42.4 Å². The number of fused-ring (bicyclic) bond motifs is 1. The topological polar surface area (TPSA) is 82.3 Å². The van der Waals surface area contributed by atoms with Gasteiger partial charge >= 0.3 is 0 Å². The predicted molar refractivity (Wildman–Crippen MR) is 120 cm³/mol. The van der Waals surface area contributed by atoms with Crippen molar-refractivity contribution in [2.75, 3.05) is 11.9 Å². The van der Waals surface area contributed by atoms with E-state index in [1.807, 2.05) is 25.1 Å². The summed E-state index contributed by atoms with van der Waals surface area (Å²) < 4.78 is 29.0. The van der Waals surface area contributed by atoms with Gasteiger partial charge in [-0.15, -0.1) is 11.3 Å². The predicted octanol–water partition coefficient (Wildman–Crippen LogP) is 4.71. The zero-order chi connectivity index (χ0) is 20.6. The molecule has 3 aromatic rings. The molecule has 29 heavy (non-hydrogen) atoms. The van der Waals surface area contributed by atoms with E-state index in [0.717, 1.165) is 20.9 Å². The standard InChI is InChI=1S/C20H19N3O3S3/c1-2-3-11-23-19(24)17(18(29(23,25)26)13-7-5-4-6-8-13)21-14-9-10-15-16(12-14)28-20(27)22-15/h4-10,12,21H,2-3,11H2,1H3,(H,22,27). The summed E-state index contributed by atoms with van der Waals surface area (Å²) in [6.07, 6.45) is 1.40. The lowest BCUT2D eigenvalue weighted by atomic mass is 10.1. The highest BCUT2D eigenvalue weighted by molar-refractivity contribution is 7.99. The van der Waals surface area contributed by atoms with Crippen LogP contribution >= 0.6 is 23.6 Å². The molecule has 0 saturated heterocycles. The second-order valence-electron chi connectivity index (χ2n) is 6.66. The van der Waals surface area contributed by atoms with Crippen LogP contribution in [0.5, 0.6) is 0 Å². The molecule has 1 aliphatic heterocycles. The van der Waals surface area contributed by atoms with E-state index < -0.39 is 15.9 Å². The number of carbonyl (C=O) groups excluding carboxylic acids is 1. The molecule has 0 bridgehead atoms. The number of aromatic nitrogens is 1. The van der Waals surface area contributed by atoms with E-state index in [-0.39, 0.29) is 17.1 Å². The first-order valence-corrected chi connectivity index (χ1v) is 11.8. The van der Waals surface area contributed by atoms with Crippen LogP contribution in [0.1, 0.15) is 25.3 Å². The van der Waals surface area contributed by atoms with Crippen molar-refractivity contribution in [2.45, 2.75) is 19.8 Å². The first kappa shape index (κ1) is 19.8. The van der Waals surface area contributed by atoms with Gasteiger partial charge in [0.1, 0.15) is 10.6 Å². The van der Waals surface area contributed by atoms with E-state index in [0.29, 0.717) is 21.6 Å². The van der Waals surface area contributed by atoms with Gasteiger partial charge in [0, 0.05) is 12.2 Å². The summed E-state index contributed by atoms with van der Waals surface area (Å²) in [6.45, 7) is 2.12. The van der Waals surface area contributed by atoms with Gasteiger partial charge in [-0.3, -0.25) is 4.79 Å². The number of rotatable bonds is 6. The minimum atomic E-state index is -3.93.